The molecule has 0 bridgehead atoms. The van der Waals surface area contributed by atoms with Gasteiger partial charge in [0.25, 0.3) is 0 Å². The van der Waals surface area contributed by atoms with Crippen LogP contribution in [-0.2, 0) is 9.47 Å². The number of carbonyl (C=O) groups excluding carboxylic acids is 2. The van der Waals surface area contributed by atoms with E-state index in [4.69, 9.17) is 0 Å². The number of rotatable bonds is 4. The highest BCUT2D eigenvalue weighted by molar-refractivity contribution is 7.18. The van der Waals surface area contributed by atoms with Crippen molar-refractivity contribution in [3.8, 4) is 0 Å². The first-order valence-corrected chi connectivity index (χ1v) is 5.92. The Balaban J connectivity index is 3.31. The van der Waals surface area contributed by atoms with Gasteiger partial charge in [-0.1, -0.05) is 0 Å². The summed E-state index contributed by atoms with van der Waals surface area (Å²) in [7, 11) is 2.57. The number of hydrogen-bond acceptors (Lipinski definition) is 6. The zero-order valence-corrected chi connectivity index (χ0v) is 11.1. The maximum Gasteiger partial charge on any atom is 0.349 e. The lowest BCUT2D eigenvalue weighted by Gasteiger charge is -2.02. The van der Waals surface area contributed by atoms with Gasteiger partial charge in [0.05, 0.1) is 24.8 Å². The van der Waals surface area contributed by atoms with E-state index in [0.29, 0.717) is 12.1 Å². The van der Waals surface area contributed by atoms with Crippen molar-refractivity contribution in [2.24, 2.45) is 0 Å². The van der Waals surface area contributed by atoms with Gasteiger partial charge in [-0.3, -0.25) is 0 Å². The number of hydrogen-bond donors (Lipinski definition) is 1. The summed E-state index contributed by atoms with van der Waals surface area (Å²) in [6.07, 6.45) is 0. The molecule has 0 saturated heterocycles. The number of thiophene rings is 1. The van der Waals surface area contributed by atoms with Gasteiger partial charge < -0.3 is 14.8 Å². The second kappa shape index (κ2) is 5.67. The molecule has 6 heteroatoms. The van der Waals surface area contributed by atoms with Crippen molar-refractivity contribution in [2.75, 3.05) is 26.1 Å². The zero-order chi connectivity index (χ0) is 13.0. The molecule has 17 heavy (non-hydrogen) atoms. The monoisotopic (exact) mass is 257 g/mol. The average Bonchev–Trinajstić information content (AvgIpc) is 2.65. The molecular formula is C11H15NO4S. The van der Waals surface area contributed by atoms with Crippen LogP contribution >= 0.6 is 11.3 Å². The largest absolute Gasteiger partial charge is 0.465 e. The molecule has 0 aliphatic carbocycles. The van der Waals surface area contributed by atoms with Gasteiger partial charge in [-0.2, -0.15) is 0 Å². The minimum atomic E-state index is -0.525. The van der Waals surface area contributed by atoms with E-state index < -0.39 is 11.9 Å². The van der Waals surface area contributed by atoms with Crippen LogP contribution in [0, 0.1) is 6.92 Å². The standard InChI is InChI=1S/C11H15NO4S/c1-5-12-9-6(2)7(10(13)15-3)8(17-9)11(14)16-4/h12H,5H2,1-4H3. The van der Waals surface area contributed by atoms with E-state index in [1.54, 1.807) is 6.92 Å². The molecule has 0 amide bonds. The fraction of sp³-hybridized carbons (Fsp3) is 0.455. The van der Waals surface area contributed by atoms with Crippen LogP contribution in [0.1, 0.15) is 32.5 Å². The summed E-state index contributed by atoms with van der Waals surface area (Å²) >= 11 is 1.20. The smallest absolute Gasteiger partial charge is 0.349 e. The highest BCUT2D eigenvalue weighted by Crippen LogP contribution is 2.33. The molecule has 5 nitrogen and oxygen atoms in total. The third kappa shape index (κ3) is 2.58. The van der Waals surface area contributed by atoms with Crippen LogP contribution in [0.25, 0.3) is 0 Å². The predicted molar refractivity (Wildman–Crippen MR) is 65.9 cm³/mol. The van der Waals surface area contributed by atoms with Crippen LogP contribution in [0.3, 0.4) is 0 Å². The molecule has 0 atom stereocenters. The Morgan fingerprint density at radius 3 is 2.29 bits per heavy atom. The van der Waals surface area contributed by atoms with Crippen LogP contribution in [0.4, 0.5) is 5.00 Å². The van der Waals surface area contributed by atoms with E-state index in [1.807, 2.05) is 6.92 Å². The van der Waals surface area contributed by atoms with E-state index in [9.17, 15) is 9.59 Å². The molecule has 0 aromatic carbocycles. The van der Waals surface area contributed by atoms with Gasteiger partial charge in [-0.25, -0.2) is 9.59 Å². The second-order valence-corrected chi connectivity index (χ2v) is 4.29. The summed E-state index contributed by atoms with van der Waals surface area (Å²) in [6, 6.07) is 0. The Kier molecular flexibility index (Phi) is 4.51. The number of carbonyl (C=O) groups is 2. The predicted octanol–water partition coefficient (Wildman–Crippen LogP) is 2.06. The summed E-state index contributed by atoms with van der Waals surface area (Å²) in [5.74, 6) is -1.05. The quantitative estimate of drug-likeness (QED) is 0.836. The minimum Gasteiger partial charge on any atom is -0.465 e. The number of ether oxygens (including phenoxy) is 2. The molecule has 0 spiro atoms. The van der Waals surface area contributed by atoms with E-state index in [0.717, 1.165) is 5.00 Å². The van der Waals surface area contributed by atoms with E-state index in [1.165, 1.54) is 25.6 Å². The van der Waals surface area contributed by atoms with E-state index in [-0.39, 0.29) is 10.4 Å². The number of esters is 2. The molecule has 0 radical (unpaired) electrons. The van der Waals surface area contributed by atoms with Crippen molar-refractivity contribution in [3.05, 3.63) is 16.0 Å². The molecule has 0 saturated carbocycles. The zero-order valence-electron chi connectivity index (χ0n) is 10.2. The molecular weight excluding hydrogens is 242 g/mol. The maximum absolute atomic E-state index is 11.6. The van der Waals surface area contributed by atoms with Crippen LogP contribution in [0.2, 0.25) is 0 Å². The van der Waals surface area contributed by atoms with Crippen molar-refractivity contribution in [2.45, 2.75) is 13.8 Å². The van der Waals surface area contributed by atoms with Crippen LogP contribution in [-0.4, -0.2) is 32.7 Å². The van der Waals surface area contributed by atoms with Crippen LogP contribution < -0.4 is 5.32 Å². The Morgan fingerprint density at radius 1 is 1.24 bits per heavy atom. The molecule has 1 heterocycles. The van der Waals surface area contributed by atoms with Crippen LogP contribution in [0.5, 0.6) is 0 Å². The Labute approximate surface area is 104 Å². The van der Waals surface area contributed by atoms with E-state index in [2.05, 4.69) is 14.8 Å². The highest BCUT2D eigenvalue weighted by Gasteiger charge is 2.26. The lowest BCUT2D eigenvalue weighted by Crippen LogP contribution is -2.09. The molecule has 0 fully saturated rings. The van der Waals surface area contributed by atoms with Gasteiger partial charge >= 0.3 is 11.9 Å². The van der Waals surface area contributed by atoms with Crippen molar-refractivity contribution in [1.82, 2.24) is 0 Å². The van der Waals surface area contributed by atoms with Gasteiger partial charge in [0.15, 0.2) is 0 Å². The Bertz CT molecular complexity index is 439. The lowest BCUT2D eigenvalue weighted by atomic mass is 10.1. The third-order valence-electron chi connectivity index (χ3n) is 2.24. The fourth-order valence-corrected chi connectivity index (χ4v) is 2.61. The SMILES string of the molecule is CCNc1sc(C(=O)OC)c(C(=O)OC)c1C. The third-order valence-corrected chi connectivity index (χ3v) is 3.47. The fourth-order valence-electron chi connectivity index (χ4n) is 1.43. The van der Waals surface area contributed by atoms with Crippen molar-refractivity contribution in [3.63, 3.8) is 0 Å². The Hall–Kier alpha value is -1.56. The van der Waals surface area contributed by atoms with Crippen LogP contribution in [0.15, 0.2) is 0 Å². The number of nitrogens with one attached hydrogen (secondary N) is 1. The summed E-state index contributed by atoms with van der Waals surface area (Å²) in [4.78, 5) is 23.5. The summed E-state index contributed by atoms with van der Waals surface area (Å²) in [5.41, 5.74) is 0.990. The molecule has 0 aliphatic rings. The van der Waals surface area contributed by atoms with Gasteiger partial charge in [-0.05, 0) is 19.4 Å². The molecule has 1 aromatic rings. The molecule has 1 N–H and O–H groups in total. The molecule has 1 aromatic heterocycles. The first kappa shape index (κ1) is 13.5. The van der Waals surface area contributed by atoms with Crippen molar-refractivity contribution >= 4 is 28.3 Å². The van der Waals surface area contributed by atoms with Gasteiger partial charge in [0.2, 0.25) is 0 Å². The normalized spacial score (nSPS) is 9.88. The minimum absolute atomic E-state index is 0.271. The lowest BCUT2D eigenvalue weighted by molar-refractivity contribution is 0.0559. The molecule has 0 aliphatic heterocycles. The van der Waals surface area contributed by atoms with E-state index >= 15 is 0 Å². The van der Waals surface area contributed by atoms with Crippen molar-refractivity contribution in [1.29, 1.82) is 0 Å². The summed E-state index contributed by atoms with van der Waals surface area (Å²) < 4.78 is 9.33. The maximum atomic E-state index is 11.6. The summed E-state index contributed by atoms with van der Waals surface area (Å²) in [5, 5.41) is 3.88. The Morgan fingerprint density at radius 2 is 1.82 bits per heavy atom. The van der Waals surface area contributed by atoms with Gasteiger partial charge in [0.1, 0.15) is 4.88 Å². The van der Waals surface area contributed by atoms with Gasteiger partial charge in [0, 0.05) is 6.54 Å². The molecule has 0 unspecified atom stereocenters. The van der Waals surface area contributed by atoms with Crippen molar-refractivity contribution < 1.29 is 19.1 Å². The summed E-state index contributed by atoms with van der Waals surface area (Å²) in [6.45, 7) is 4.42. The molecule has 94 valence electrons. The topological polar surface area (TPSA) is 64.6 Å². The first-order chi connectivity index (χ1) is 8.06. The number of methoxy groups -OCH3 is 2. The number of anilines is 1. The average molecular weight is 257 g/mol. The highest BCUT2D eigenvalue weighted by atomic mass is 32.1. The molecule has 1 rings (SSSR count). The first-order valence-electron chi connectivity index (χ1n) is 5.10. The second-order valence-electron chi connectivity index (χ2n) is 3.27. The van der Waals surface area contributed by atoms with Gasteiger partial charge in [-0.15, -0.1) is 11.3 Å².